The second-order valence-corrected chi connectivity index (χ2v) is 7.73. The molecule has 0 amide bonds. The molecule has 0 aliphatic carbocycles. The van der Waals surface area contributed by atoms with Crippen LogP contribution >= 0.6 is 0 Å². The number of sulfone groups is 1. The summed E-state index contributed by atoms with van der Waals surface area (Å²) in [7, 11) is -3.30. The first kappa shape index (κ1) is 14.5. The van der Waals surface area contributed by atoms with Gasteiger partial charge in [-0.3, -0.25) is 0 Å². The summed E-state index contributed by atoms with van der Waals surface area (Å²) in [5, 5.41) is 12.0. The summed E-state index contributed by atoms with van der Waals surface area (Å²) in [4.78, 5) is 0.271. The third-order valence-electron chi connectivity index (χ3n) is 4.23. The molecule has 2 fully saturated rings. The average molecular weight is 306 g/mol. The van der Waals surface area contributed by atoms with Crippen LogP contribution in [0.1, 0.15) is 24.8 Å². The van der Waals surface area contributed by atoms with Gasteiger partial charge in [-0.1, -0.05) is 0 Å². The van der Waals surface area contributed by atoms with Crippen LogP contribution < -0.4 is 5.32 Å². The Morgan fingerprint density at radius 1 is 1.29 bits per heavy atom. The van der Waals surface area contributed by atoms with Gasteiger partial charge in [-0.15, -0.1) is 0 Å². The first-order valence-corrected chi connectivity index (χ1v) is 8.85. The summed E-state index contributed by atoms with van der Waals surface area (Å²) in [6.45, 7) is 0.430. The van der Waals surface area contributed by atoms with Gasteiger partial charge in [0.25, 0.3) is 0 Å². The molecule has 1 N–H and O–H groups in total. The molecular weight excluding hydrogens is 288 g/mol. The largest absolute Gasteiger partial charge is 0.373 e. The van der Waals surface area contributed by atoms with Crippen LogP contribution in [0.4, 0.5) is 0 Å². The van der Waals surface area contributed by atoms with Crippen molar-refractivity contribution in [3.63, 3.8) is 0 Å². The second-order valence-electron chi connectivity index (χ2n) is 5.63. The van der Waals surface area contributed by atoms with Crippen LogP contribution in [0, 0.1) is 11.3 Å². The van der Waals surface area contributed by atoms with E-state index in [2.05, 4.69) is 5.32 Å². The number of ether oxygens (including phenoxy) is 1. The first-order chi connectivity index (χ1) is 10.1. The third kappa shape index (κ3) is 3.10. The Labute approximate surface area is 124 Å². The molecule has 1 aromatic rings. The zero-order valence-electron chi connectivity index (χ0n) is 11.7. The van der Waals surface area contributed by atoms with Crippen LogP contribution in [0.15, 0.2) is 29.2 Å². The van der Waals surface area contributed by atoms with Crippen molar-refractivity contribution in [1.29, 1.82) is 5.26 Å². The van der Waals surface area contributed by atoms with Gasteiger partial charge >= 0.3 is 0 Å². The molecule has 2 heterocycles. The van der Waals surface area contributed by atoms with E-state index in [-0.39, 0.29) is 16.8 Å². The Balaban J connectivity index is 1.55. The number of hydrogen-bond acceptors (Lipinski definition) is 5. The minimum atomic E-state index is -3.30. The fourth-order valence-corrected chi connectivity index (χ4v) is 4.26. The Hall–Kier alpha value is -1.42. The molecule has 3 rings (SSSR count). The summed E-state index contributed by atoms with van der Waals surface area (Å²) in [6.07, 6.45) is 3.81. The molecule has 2 aliphatic heterocycles. The minimum absolute atomic E-state index is 0.0623. The van der Waals surface area contributed by atoms with Crippen molar-refractivity contribution in [2.75, 3.05) is 12.3 Å². The number of hydrogen-bond donors (Lipinski definition) is 1. The predicted molar refractivity (Wildman–Crippen MR) is 77.5 cm³/mol. The van der Waals surface area contributed by atoms with Crippen molar-refractivity contribution in [3.8, 4) is 6.07 Å². The second kappa shape index (κ2) is 5.76. The summed E-state index contributed by atoms with van der Waals surface area (Å²) < 4.78 is 30.2. The third-order valence-corrected chi connectivity index (χ3v) is 5.96. The number of nitrogens with zero attached hydrogens (tertiary/aromatic N) is 1. The predicted octanol–water partition coefficient (Wildman–Crippen LogP) is 1.24. The molecular formula is C15H18N2O3S. The van der Waals surface area contributed by atoms with Crippen LogP contribution in [0.25, 0.3) is 0 Å². The Bertz CT molecular complexity index is 648. The molecule has 3 atom stereocenters. The molecule has 0 spiro atoms. The number of nitriles is 1. The minimum Gasteiger partial charge on any atom is -0.373 e. The fourth-order valence-electron chi connectivity index (χ4n) is 3.09. The molecule has 2 aliphatic rings. The topological polar surface area (TPSA) is 79.2 Å². The monoisotopic (exact) mass is 306 g/mol. The Morgan fingerprint density at radius 2 is 2.05 bits per heavy atom. The molecule has 1 aromatic carbocycles. The molecule has 0 radical (unpaired) electrons. The molecule has 5 nitrogen and oxygen atoms in total. The normalized spacial score (nSPS) is 27.7. The SMILES string of the molecule is N#Cc1ccc(S(=O)(=O)CCNC2CC3CCC2O3)cc1. The zero-order chi connectivity index (χ0) is 14.9. The van der Waals surface area contributed by atoms with Crippen molar-refractivity contribution >= 4 is 9.84 Å². The number of benzene rings is 1. The van der Waals surface area contributed by atoms with Crippen molar-refractivity contribution in [3.05, 3.63) is 29.8 Å². The summed E-state index contributed by atoms with van der Waals surface area (Å²) >= 11 is 0. The highest BCUT2D eigenvalue weighted by Crippen LogP contribution is 2.34. The van der Waals surface area contributed by atoms with Crippen molar-refractivity contribution in [2.45, 2.75) is 42.4 Å². The molecule has 0 aromatic heterocycles. The van der Waals surface area contributed by atoms with Gasteiger partial charge in [0.15, 0.2) is 9.84 Å². The van der Waals surface area contributed by atoms with Crippen molar-refractivity contribution in [2.24, 2.45) is 0 Å². The molecule has 2 saturated heterocycles. The van der Waals surface area contributed by atoms with Crippen molar-refractivity contribution in [1.82, 2.24) is 5.32 Å². The van der Waals surface area contributed by atoms with Crippen LogP contribution in [-0.4, -0.2) is 39.0 Å². The lowest BCUT2D eigenvalue weighted by atomic mass is 9.96. The highest BCUT2D eigenvalue weighted by atomic mass is 32.2. The van der Waals surface area contributed by atoms with Crippen LogP contribution in [-0.2, 0) is 14.6 Å². The average Bonchev–Trinajstić information content (AvgIpc) is 3.10. The maximum atomic E-state index is 12.2. The maximum absolute atomic E-state index is 12.2. The van der Waals surface area contributed by atoms with E-state index in [0.29, 0.717) is 24.3 Å². The lowest BCUT2D eigenvalue weighted by Gasteiger charge is -2.19. The molecule has 21 heavy (non-hydrogen) atoms. The smallest absolute Gasteiger partial charge is 0.179 e. The van der Waals surface area contributed by atoms with E-state index < -0.39 is 9.84 Å². The van der Waals surface area contributed by atoms with Gasteiger partial charge in [0.05, 0.1) is 34.5 Å². The van der Waals surface area contributed by atoms with Gasteiger partial charge in [0.2, 0.25) is 0 Å². The highest BCUT2D eigenvalue weighted by Gasteiger charge is 2.40. The van der Waals surface area contributed by atoms with E-state index in [4.69, 9.17) is 10.00 Å². The van der Waals surface area contributed by atoms with E-state index in [1.807, 2.05) is 6.07 Å². The van der Waals surface area contributed by atoms with Crippen LogP contribution in [0.2, 0.25) is 0 Å². The van der Waals surface area contributed by atoms with E-state index >= 15 is 0 Å². The van der Waals surface area contributed by atoms with Gasteiger partial charge in [-0.05, 0) is 43.5 Å². The van der Waals surface area contributed by atoms with Gasteiger partial charge in [0.1, 0.15) is 0 Å². The van der Waals surface area contributed by atoms with Gasteiger partial charge in [0, 0.05) is 12.6 Å². The molecule has 112 valence electrons. The van der Waals surface area contributed by atoms with Gasteiger partial charge in [-0.25, -0.2) is 8.42 Å². The quantitative estimate of drug-likeness (QED) is 0.885. The van der Waals surface area contributed by atoms with E-state index in [0.717, 1.165) is 19.3 Å². The number of rotatable bonds is 5. The molecule has 2 bridgehead atoms. The number of fused-ring (bicyclic) bond motifs is 2. The van der Waals surface area contributed by atoms with Crippen LogP contribution in [0.5, 0.6) is 0 Å². The Kier molecular flexibility index (Phi) is 3.98. The van der Waals surface area contributed by atoms with Gasteiger partial charge in [-0.2, -0.15) is 5.26 Å². The fraction of sp³-hybridized carbons (Fsp3) is 0.533. The lowest BCUT2D eigenvalue weighted by molar-refractivity contribution is 0.0977. The lowest BCUT2D eigenvalue weighted by Crippen LogP contribution is -2.39. The van der Waals surface area contributed by atoms with Crippen molar-refractivity contribution < 1.29 is 13.2 Å². The molecule has 0 saturated carbocycles. The standard InChI is InChI=1S/C15H18N2O3S/c16-10-11-1-4-13(5-2-11)21(18,19)8-7-17-14-9-12-3-6-15(14)20-12/h1-2,4-5,12,14-15,17H,3,6-9H2. The van der Waals surface area contributed by atoms with E-state index in [1.54, 1.807) is 0 Å². The highest BCUT2D eigenvalue weighted by molar-refractivity contribution is 7.91. The van der Waals surface area contributed by atoms with Gasteiger partial charge < -0.3 is 10.1 Å². The van der Waals surface area contributed by atoms with E-state index in [9.17, 15) is 8.42 Å². The zero-order valence-corrected chi connectivity index (χ0v) is 12.5. The maximum Gasteiger partial charge on any atom is 0.179 e. The summed E-state index contributed by atoms with van der Waals surface area (Å²) in [5.74, 6) is 0.0623. The number of nitrogens with one attached hydrogen (secondary N) is 1. The first-order valence-electron chi connectivity index (χ1n) is 7.20. The molecule has 6 heteroatoms. The molecule has 3 unspecified atom stereocenters. The van der Waals surface area contributed by atoms with E-state index in [1.165, 1.54) is 24.3 Å². The summed E-state index contributed by atoms with van der Waals surface area (Å²) in [6, 6.07) is 8.32. The Morgan fingerprint density at radius 3 is 2.62 bits per heavy atom. The summed E-state index contributed by atoms with van der Waals surface area (Å²) in [5.41, 5.74) is 0.464. The van der Waals surface area contributed by atoms with Crippen LogP contribution in [0.3, 0.4) is 0 Å².